The highest BCUT2D eigenvalue weighted by Gasteiger charge is 2.12. The van der Waals surface area contributed by atoms with Gasteiger partial charge in [-0.2, -0.15) is 5.10 Å². The van der Waals surface area contributed by atoms with Crippen molar-refractivity contribution in [2.24, 2.45) is 0 Å². The summed E-state index contributed by atoms with van der Waals surface area (Å²) in [6.45, 7) is 4.25. The SMILES string of the molecule is CCC(C)Nc1ncnc2c1cnn2-c1ccc(Cl)cc1. The first-order valence-electron chi connectivity index (χ1n) is 6.90. The minimum Gasteiger partial charge on any atom is -0.367 e. The molecule has 108 valence electrons. The molecule has 0 radical (unpaired) electrons. The zero-order chi connectivity index (χ0) is 14.8. The van der Waals surface area contributed by atoms with Crippen molar-refractivity contribution < 1.29 is 0 Å². The summed E-state index contributed by atoms with van der Waals surface area (Å²) in [6, 6.07) is 7.85. The van der Waals surface area contributed by atoms with E-state index in [9.17, 15) is 0 Å². The Morgan fingerprint density at radius 1 is 1.24 bits per heavy atom. The molecule has 0 aliphatic rings. The lowest BCUT2D eigenvalue weighted by Gasteiger charge is -2.12. The Kier molecular flexibility index (Phi) is 3.75. The minimum atomic E-state index is 0.349. The third kappa shape index (κ3) is 2.69. The van der Waals surface area contributed by atoms with Crippen LogP contribution in [0.3, 0.4) is 0 Å². The van der Waals surface area contributed by atoms with E-state index >= 15 is 0 Å². The highest BCUT2D eigenvalue weighted by atomic mass is 35.5. The van der Waals surface area contributed by atoms with E-state index in [0.717, 1.165) is 29.0 Å². The second kappa shape index (κ2) is 5.69. The van der Waals surface area contributed by atoms with Crippen LogP contribution in [0, 0.1) is 0 Å². The van der Waals surface area contributed by atoms with E-state index in [-0.39, 0.29) is 0 Å². The van der Waals surface area contributed by atoms with Crippen LogP contribution in [0.25, 0.3) is 16.7 Å². The van der Waals surface area contributed by atoms with Gasteiger partial charge in [0.25, 0.3) is 0 Å². The molecule has 1 unspecified atom stereocenters. The Balaban J connectivity index is 2.06. The number of nitrogens with zero attached hydrogens (tertiary/aromatic N) is 4. The quantitative estimate of drug-likeness (QED) is 0.798. The molecule has 2 heterocycles. The average molecular weight is 302 g/mol. The Hall–Kier alpha value is -2.14. The van der Waals surface area contributed by atoms with Crippen LogP contribution in [0.15, 0.2) is 36.8 Å². The van der Waals surface area contributed by atoms with E-state index in [1.54, 1.807) is 17.2 Å². The molecule has 5 nitrogen and oxygen atoms in total. The predicted molar refractivity (Wildman–Crippen MR) is 85.0 cm³/mol. The Morgan fingerprint density at radius 3 is 2.71 bits per heavy atom. The van der Waals surface area contributed by atoms with Gasteiger partial charge in [0.15, 0.2) is 5.65 Å². The maximum atomic E-state index is 5.92. The largest absolute Gasteiger partial charge is 0.367 e. The number of aromatic nitrogens is 4. The van der Waals surface area contributed by atoms with Crippen LogP contribution in [0.4, 0.5) is 5.82 Å². The summed E-state index contributed by atoms with van der Waals surface area (Å²) in [4.78, 5) is 8.67. The molecule has 0 saturated carbocycles. The fourth-order valence-corrected chi connectivity index (χ4v) is 2.19. The lowest BCUT2D eigenvalue weighted by Crippen LogP contribution is -2.14. The van der Waals surface area contributed by atoms with Gasteiger partial charge in [-0.1, -0.05) is 18.5 Å². The number of nitrogens with one attached hydrogen (secondary N) is 1. The van der Waals surface area contributed by atoms with Gasteiger partial charge in [0.1, 0.15) is 12.1 Å². The van der Waals surface area contributed by atoms with Crippen molar-refractivity contribution in [3.63, 3.8) is 0 Å². The number of hydrogen-bond acceptors (Lipinski definition) is 4. The summed E-state index contributed by atoms with van der Waals surface area (Å²) >= 11 is 5.92. The standard InChI is InChI=1S/C15H16ClN5/c1-3-10(2)20-14-13-8-19-21(15(13)18-9-17-14)12-6-4-11(16)5-7-12/h4-10H,3H2,1-2H3,(H,17,18,20). The fourth-order valence-electron chi connectivity index (χ4n) is 2.07. The Labute approximate surface area is 128 Å². The molecule has 0 spiro atoms. The molecular formula is C15H16ClN5. The third-order valence-electron chi connectivity index (χ3n) is 3.43. The first kappa shape index (κ1) is 13.8. The van der Waals surface area contributed by atoms with Crippen LogP contribution < -0.4 is 5.32 Å². The number of benzene rings is 1. The van der Waals surface area contributed by atoms with Crippen molar-refractivity contribution >= 4 is 28.5 Å². The smallest absolute Gasteiger partial charge is 0.168 e. The number of anilines is 1. The number of hydrogen-bond donors (Lipinski definition) is 1. The molecule has 21 heavy (non-hydrogen) atoms. The van der Waals surface area contributed by atoms with Crippen LogP contribution in [-0.4, -0.2) is 25.8 Å². The maximum absolute atomic E-state index is 5.92. The molecule has 0 amide bonds. The van der Waals surface area contributed by atoms with Gasteiger partial charge in [0.05, 0.1) is 17.3 Å². The van der Waals surface area contributed by atoms with Gasteiger partial charge in [-0.05, 0) is 37.6 Å². The summed E-state index contributed by atoms with van der Waals surface area (Å²) in [6.07, 6.45) is 4.37. The molecule has 6 heteroatoms. The third-order valence-corrected chi connectivity index (χ3v) is 3.68. The van der Waals surface area contributed by atoms with E-state index in [2.05, 4.69) is 34.2 Å². The number of rotatable bonds is 4. The summed E-state index contributed by atoms with van der Waals surface area (Å²) in [5, 5.41) is 9.41. The van der Waals surface area contributed by atoms with Crippen molar-refractivity contribution in [3.05, 3.63) is 41.8 Å². The zero-order valence-electron chi connectivity index (χ0n) is 11.9. The van der Waals surface area contributed by atoms with Crippen LogP contribution in [0.5, 0.6) is 0 Å². The summed E-state index contributed by atoms with van der Waals surface area (Å²) < 4.78 is 1.79. The molecule has 0 bridgehead atoms. The van der Waals surface area contributed by atoms with E-state index in [0.29, 0.717) is 11.1 Å². The molecule has 2 aromatic heterocycles. The topological polar surface area (TPSA) is 55.6 Å². The molecular weight excluding hydrogens is 286 g/mol. The lowest BCUT2D eigenvalue weighted by molar-refractivity contribution is 0.760. The van der Waals surface area contributed by atoms with E-state index in [4.69, 9.17) is 11.6 Å². The van der Waals surface area contributed by atoms with Gasteiger partial charge >= 0.3 is 0 Å². The second-order valence-corrected chi connectivity index (χ2v) is 5.38. The molecule has 0 aliphatic heterocycles. The first-order chi connectivity index (χ1) is 10.2. The molecule has 0 saturated heterocycles. The lowest BCUT2D eigenvalue weighted by atomic mass is 10.2. The molecule has 0 aliphatic carbocycles. The van der Waals surface area contributed by atoms with E-state index in [1.807, 2.05) is 24.3 Å². The highest BCUT2D eigenvalue weighted by molar-refractivity contribution is 6.30. The normalized spacial score (nSPS) is 12.5. The van der Waals surface area contributed by atoms with Crippen LogP contribution in [0.2, 0.25) is 5.02 Å². The van der Waals surface area contributed by atoms with Crippen LogP contribution in [0.1, 0.15) is 20.3 Å². The van der Waals surface area contributed by atoms with Gasteiger partial charge in [-0.15, -0.1) is 0 Å². The number of halogens is 1. The van der Waals surface area contributed by atoms with Crippen molar-refractivity contribution in [2.75, 3.05) is 5.32 Å². The van der Waals surface area contributed by atoms with Gasteiger partial charge in [0, 0.05) is 11.1 Å². The van der Waals surface area contributed by atoms with Crippen molar-refractivity contribution in [3.8, 4) is 5.69 Å². The molecule has 0 fully saturated rings. The molecule has 3 aromatic rings. The minimum absolute atomic E-state index is 0.349. The fraction of sp³-hybridized carbons (Fsp3) is 0.267. The summed E-state index contributed by atoms with van der Waals surface area (Å²) in [5.41, 5.74) is 1.70. The van der Waals surface area contributed by atoms with E-state index in [1.165, 1.54) is 0 Å². The van der Waals surface area contributed by atoms with E-state index < -0.39 is 0 Å². The maximum Gasteiger partial charge on any atom is 0.168 e. The molecule has 3 rings (SSSR count). The predicted octanol–water partition coefficient (Wildman–Crippen LogP) is 3.68. The Morgan fingerprint density at radius 2 is 2.00 bits per heavy atom. The van der Waals surface area contributed by atoms with Crippen molar-refractivity contribution in [2.45, 2.75) is 26.3 Å². The highest BCUT2D eigenvalue weighted by Crippen LogP contribution is 2.23. The van der Waals surface area contributed by atoms with Crippen molar-refractivity contribution in [1.82, 2.24) is 19.7 Å². The zero-order valence-corrected chi connectivity index (χ0v) is 12.7. The second-order valence-electron chi connectivity index (χ2n) is 4.95. The average Bonchev–Trinajstić information content (AvgIpc) is 2.93. The first-order valence-corrected chi connectivity index (χ1v) is 7.28. The van der Waals surface area contributed by atoms with Crippen molar-refractivity contribution in [1.29, 1.82) is 0 Å². The Bertz CT molecular complexity index is 750. The molecule has 1 aromatic carbocycles. The van der Waals surface area contributed by atoms with Gasteiger partial charge in [0.2, 0.25) is 0 Å². The monoisotopic (exact) mass is 301 g/mol. The molecule has 1 atom stereocenters. The van der Waals surface area contributed by atoms with Gasteiger partial charge in [-0.25, -0.2) is 14.6 Å². The summed E-state index contributed by atoms with van der Waals surface area (Å²) in [5.74, 6) is 0.814. The van der Waals surface area contributed by atoms with Crippen LogP contribution >= 0.6 is 11.6 Å². The number of fused-ring (bicyclic) bond motifs is 1. The van der Waals surface area contributed by atoms with Gasteiger partial charge in [-0.3, -0.25) is 0 Å². The van der Waals surface area contributed by atoms with Crippen LogP contribution in [-0.2, 0) is 0 Å². The molecule has 1 N–H and O–H groups in total. The summed E-state index contributed by atoms with van der Waals surface area (Å²) in [7, 11) is 0. The van der Waals surface area contributed by atoms with Gasteiger partial charge < -0.3 is 5.32 Å².